The average molecular weight is 425 g/mol. The van der Waals surface area contributed by atoms with Crippen molar-refractivity contribution in [2.45, 2.75) is 20.8 Å². The first kappa shape index (κ1) is 22.0. The molecule has 8 heteroatoms. The standard InChI is InChI=1S/C23H24FN3O4/c1-13-18(22(29)30)20(25)19-16(27-13)8-5-9-17(19)31-12-23(2,3)11-26-21(28)14-6-4-7-15(24)10-14/h4-10H,11-12H2,1-3H3,(H2,25,27)(H,26,28)(H,29,30). The third-order valence-corrected chi connectivity index (χ3v) is 4.84. The number of amides is 1. The summed E-state index contributed by atoms with van der Waals surface area (Å²) in [6, 6.07) is 10.6. The molecule has 0 fully saturated rings. The van der Waals surface area contributed by atoms with Gasteiger partial charge in [0.25, 0.3) is 5.91 Å². The number of fused-ring (bicyclic) bond motifs is 1. The molecule has 2 aromatic carbocycles. The lowest BCUT2D eigenvalue weighted by molar-refractivity contribution is 0.0696. The number of aryl methyl sites for hydroxylation is 1. The number of rotatable bonds is 7. The van der Waals surface area contributed by atoms with Crippen LogP contribution in [-0.2, 0) is 0 Å². The summed E-state index contributed by atoms with van der Waals surface area (Å²) in [6.07, 6.45) is 0. The smallest absolute Gasteiger partial charge is 0.339 e. The number of pyridine rings is 1. The molecule has 0 aliphatic carbocycles. The van der Waals surface area contributed by atoms with Crippen LogP contribution in [0.15, 0.2) is 42.5 Å². The lowest BCUT2D eigenvalue weighted by atomic mass is 9.94. The zero-order valence-corrected chi connectivity index (χ0v) is 17.5. The van der Waals surface area contributed by atoms with Gasteiger partial charge in [-0.25, -0.2) is 9.18 Å². The topological polar surface area (TPSA) is 115 Å². The maximum Gasteiger partial charge on any atom is 0.339 e. The van der Waals surface area contributed by atoms with Crippen molar-refractivity contribution in [1.82, 2.24) is 10.3 Å². The second kappa shape index (κ2) is 8.59. The number of nitrogens with two attached hydrogens (primary N) is 1. The van der Waals surface area contributed by atoms with E-state index >= 15 is 0 Å². The van der Waals surface area contributed by atoms with Crippen molar-refractivity contribution in [1.29, 1.82) is 0 Å². The van der Waals surface area contributed by atoms with E-state index in [2.05, 4.69) is 10.3 Å². The molecule has 1 aromatic heterocycles. The van der Waals surface area contributed by atoms with Crippen molar-refractivity contribution in [3.8, 4) is 5.75 Å². The molecule has 0 aliphatic heterocycles. The van der Waals surface area contributed by atoms with Crippen LogP contribution >= 0.6 is 0 Å². The Morgan fingerprint density at radius 1 is 1.23 bits per heavy atom. The van der Waals surface area contributed by atoms with Crippen LogP contribution in [0.2, 0.25) is 0 Å². The molecule has 0 radical (unpaired) electrons. The molecule has 162 valence electrons. The monoisotopic (exact) mass is 425 g/mol. The van der Waals surface area contributed by atoms with Gasteiger partial charge in [0.15, 0.2) is 0 Å². The molecule has 1 amide bonds. The number of nitrogens with one attached hydrogen (secondary N) is 1. The minimum Gasteiger partial charge on any atom is -0.492 e. The Morgan fingerprint density at radius 3 is 2.61 bits per heavy atom. The van der Waals surface area contributed by atoms with Gasteiger partial charge in [0, 0.05) is 17.5 Å². The number of anilines is 1. The lowest BCUT2D eigenvalue weighted by Gasteiger charge is -2.26. The maximum absolute atomic E-state index is 13.3. The number of aromatic carboxylic acids is 1. The van der Waals surface area contributed by atoms with Gasteiger partial charge < -0.3 is 20.9 Å². The van der Waals surface area contributed by atoms with Crippen molar-refractivity contribution in [2.75, 3.05) is 18.9 Å². The Bertz CT molecular complexity index is 1160. The molecule has 0 unspecified atom stereocenters. The molecule has 3 aromatic rings. The van der Waals surface area contributed by atoms with Crippen molar-refractivity contribution in [3.05, 3.63) is 65.1 Å². The first-order valence-electron chi connectivity index (χ1n) is 9.68. The van der Waals surface area contributed by atoms with Crippen LogP contribution in [0, 0.1) is 18.2 Å². The van der Waals surface area contributed by atoms with E-state index in [0.717, 1.165) is 0 Å². The van der Waals surface area contributed by atoms with Crippen LogP contribution in [-0.4, -0.2) is 35.1 Å². The number of halogens is 1. The fourth-order valence-electron chi connectivity index (χ4n) is 3.21. The molecule has 7 nitrogen and oxygen atoms in total. The Morgan fingerprint density at radius 2 is 1.94 bits per heavy atom. The molecule has 0 atom stereocenters. The summed E-state index contributed by atoms with van der Waals surface area (Å²) in [5, 5.41) is 12.7. The number of nitrogen functional groups attached to an aromatic ring is 1. The summed E-state index contributed by atoms with van der Waals surface area (Å²) in [4.78, 5) is 28.2. The quantitative estimate of drug-likeness (QED) is 0.530. The number of nitrogens with zero attached hydrogens (tertiary/aromatic N) is 1. The summed E-state index contributed by atoms with van der Waals surface area (Å²) in [5.41, 5.74) is 6.82. The van der Waals surface area contributed by atoms with E-state index in [9.17, 15) is 19.1 Å². The molecule has 0 bridgehead atoms. The minimum absolute atomic E-state index is 0.0508. The predicted molar refractivity (Wildman–Crippen MR) is 116 cm³/mol. The van der Waals surface area contributed by atoms with Gasteiger partial charge >= 0.3 is 5.97 Å². The Labute approximate surface area is 179 Å². The number of carboxylic acids is 1. The second-order valence-electron chi connectivity index (χ2n) is 8.09. The number of hydrogen-bond acceptors (Lipinski definition) is 5. The number of carbonyl (C=O) groups excluding carboxylic acids is 1. The van der Waals surface area contributed by atoms with Crippen LogP contribution in [0.1, 0.15) is 40.3 Å². The second-order valence-corrected chi connectivity index (χ2v) is 8.09. The Hall–Kier alpha value is -3.68. The Balaban J connectivity index is 1.76. The maximum atomic E-state index is 13.3. The molecule has 0 spiro atoms. The molecule has 3 rings (SSSR count). The van der Waals surface area contributed by atoms with E-state index in [-0.39, 0.29) is 35.9 Å². The highest BCUT2D eigenvalue weighted by Crippen LogP contribution is 2.34. The van der Waals surface area contributed by atoms with Crippen LogP contribution in [0.25, 0.3) is 10.9 Å². The largest absolute Gasteiger partial charge is 0.492 e. The molecule has 0 saturated carbocycles. The van der Waals surface area contributed by atoms with Crippen molar-refractivity contribution in [3.63, 3.8) is 0 Å². The van der Waals surface area contributed by atoms with Gasteiger partial charge in [-0.05, 0) is 37.3 Å². The number of benzene rings is 2. The first-order valence-corrected chi connectivity index (χ1v) is 9.68. The molecule has 31 heavy (non-hydrogen) atoms. The van der Waals surface area contributed by atoms with Gasteiger partial charge in [-0.1, -0.05) is 26.0 Å². The summed E-state index contributed by atoms with van der Waals surface area (Å²) in [5.74, 6) is -1.60. The SMILES string of the molecule is Cc1nc2cccc(OCC(C)(C)CNC(=O)c3cccc(F)c3)c2c(N)c1C(=O)O. The normalized spacial score (nSPS) is 11.4. The number of carbonyl (C=O) groups is 2. The minimum atomic E-state index is -1.15. The van der Waals surface area contributed by atoms with Gasteiger partial charge in [0.05, 0.1) is 28.9 Å². The van der Waals surface area contributed by atoms with E-state index in [0.29, 0.717) is 22.3 Å². The van der Waals surface area contributed by atoms with E-state index < -0.39 is 17.2 Å². The van der Waals surface area contributed by atoms with Crippen LogP contribution in [0.4, 0.5) is 10.1 Å². The number of carboxylic acid groups (broad SMARTS) is 1. The fourth-order valence-corrected chi connectivity index (χ4v) is 3.21. The highest BCUT2D eigenvalue weighted by Gasteiger charge is 2.23. The van der Waals surface area contributed by atoms with Crippen molar-refractivity contribution >= 4 is 28.5 Å². The summed E-state index contributed by atoms with van der Waals surface area (Å²) >= 11 is 0. The fraction of sp³-hybridized carbons (Fsp3) is 0.261. The van der Waals surface area contributed by atoms with Gasteiger partial charge in [-0.2, -0.15) is 0 Å². The molecule has 1 heterocycles. The van der Waals surface area contributed by atoms with E-state index in [4.69, 9.17) is 10.5 Å². The lowest BCUT2D eigenvalue weighted by Crippen LogP contribution is -2.37. The molecule has 4 N–H and O–H groups in total. The van der Waals surface area contributed by atoms with Gasteiger partial charge in [0.1, 0.15) is 17.1 Å². The third-order valence-electron chi connectivity index (χ3n) is 4.84. The highest BCUT2D eigenvalue weighted by atomic mass is 19.1. The first-order chi connectivity index (χ1) is 14.6. The summed E-state index contributed by atoms with van der Waals surface area (Å²) in [6.45, 7) is 5.89. The number of hydrogen-bond donors (Lipinski definition) is 3. The number of ether oxygens (including phenoxy) is 1. The third kappa shape index (κ3) is 4.91. The van der Waals surface area contributed by atoms with E-state index in [1.54, 1.807) is 25.1 Å². The summed E-state index contributed by atoms with van der Waals surface area (Å²) in [7, 11) is 0. The Kier molecular flexibility index (Phi) is 6.10. The zero-order valence-electron chi connectivity index (χ0n) is 17.5. The molecular formula is C23H24FN3O4. The number of aromatic nitrogens is 1. The summed E-state index contributed by atoms with van der Waals surface area (Å²) < 4.78 is 19.3. The van der Waals surface area contributed by atoms with E-state index in [1.807, 2.05) is 13.8 Å². The van der Waals surface area contributed by atoms with Crippen LogP contribution in [0.5, 0.6) is 5.75 Å². The van der Waals surface area contributed by atoms with Crippen molar-refractivity contribution < 1.29 is 23.8 Å². The predicted octanol–water partition coefficient (Wildman–Crippen LogP) is 3.80. The van der Waals surface area contributed by atoms with Crippen LogP contribution in [0.3, 0.4) is 0 Å². The molecule has 0 saturated heterocycles. The highest BCUT2D eigenvalue weighted by molar-refractivity contribution is 6.06. The average Bonchev–Trinajstić information content (AvgIpc) is 2.70. The van der Waals surface area contributed by atoms with E-state index in [1.165, 1.54) is 24.3 Å². The van der Waals surface area contributed by atoms with Gasteiger partial charge in [-0.3, -0.25) is 9.78 Å². The van der Waals surface area contributed by atoms with Gasteiger partial charge in [-0.15, -0.1) is 0 Å². The zero-order chi connectivity index (χ0) is 22.8. The van der Waals surface area contributed by atoms with Crippen LogP contribution < -0.4 is 15.8 Å². The van der Waals surface area contributed by atoms with Crippen molar-refractivity contribution in [2.24, 2.45) is 5.41 Å². The van der Waals surface area contributed by atoms with Gasteiger partial charge in [0.2, 0.25) is 0 Å². The molecular weight excluding hydrogens is 401 g/mol. The molecule has 0 aliphatic rings.